The van der Waals surface area contributed by atoms with E-state index in [4.69, 9.17) is 4.74 Å². The van der Waals surface area contributed by atoms with E-state index < -0.39 is 0 Å². The fourth-order valence-electron chi connectivity index (χ4n) is 1.37. The highest BCUT2D eigenvalue weighted by Gasteiger charge is 2.21. The highest BCUT2D eigenvalue weighted by atomic mass is 16.5. The van der Waals surface area contributed by atoms with Gasteiger partial charge >= 0.3 is 0 Å². The van der Waals surface area contributed by atoms with Crippen molar-refractivity contribution in [3.63, 3.8) is 0 Å². The van der Waals surface area contributed by atoms with Crippen LogP contribution in [-0.2, 0) is 4.74 Å². The van der Waals surface area contributed by atoms with E-state index in [0.29, 0.717) is 0 Å². The molecule has 2 heteroatoms. The Morgan fingerprint density at radius 3 is 2.00 bits per heavy atom. The molecule has 1 aliphatic heterocycles. The zero-order valence-electron chi connectivity index (χ0n) is 6.00. The van der Waals surface area contributed by atoms with Crippen molar-refractivity contribution in [2.24, 2.45) is 0 Å². The topological polar surface area (TPSA) is 29.5 Å². The Kier molecular flexibility index (Phi) is 2.09. The number of hydrogen-bond acceptors (Lipinski definition) is 2. The molecule has 0 aromatic carbocycles. The maximum Gasteiger partial charge on any atom is 0.0589 e. The largest absolute Gasteiger partial charge is 0.393 e. The highest BCUT2D eigenvalue weighted by Crippen LogP contribution is 2.18. The molecule has 0 spiro atoms. The molecule has 1 saturated heterocycles. The average molecular weight is 130 g/mol. The van der Waals surface area contributed by atoms with Crippen LogP contribution in [0.15, 0.2) is 0 Å². The SMILES string of the molecule is CC1C[C@H](O)C[C@H](C)O1. The second-order valence-electron chi connectivity index (χ2n) is 2.88. The lowest BCUT2D eigenvalue weighted by atomic mass is 10.0. The molecule has 54 valence electrons. The average Bonchev–Trinajstić information content (AvgIpc) is 1.59. The zero-order chi connectivity index (χ0) is 6.85. The quantitative estimate of drug-likeness (QED) is 0.528. The van der Waals surface area contributed by atoms with Gasteiger partial charge in [0.15, 0.2) is 0 Å². The molecule has 1 heterocycles. The van der Waals surface area contributed by atoms with E-state index >= 15 is 0 Å². The molecule has 1 N–H and O–H groups in total. The zero-order valence-corrected chi connectivity index (χ0v) is 6.00. The van der Waals surface area contributed by atoms with Gasteiger partial charge in [-0.25, -0.2) is 0 Å². The Morgan fingerprint density at radius 1 is 1.22 bits per heavy atom. The molecular weight excluding hydrogens is 116 g/mol. The number of aliphatic hydroxyl groups is 1. The smallest absolute Gasteiger partial charge is 0.0589 e. The van der Waals surface area contributed by atoms with E-state index in [1.165, 1.54) is 0 Å². The fourth-order valence-corrected chi connectivity index (χ4v) is 1.37. The predicted molar refractivity (Wildman–Crippen MR) is 35.2 cm³/mol. The fraction of sp³-hybridized carbons (Fsp3) is 1.00. The molecule has 1 aliphatic rings. The molecule has 2 nitrogen and oxygen atoms in total. The molecule has 0 radical (unpaired) electrons. The standard InChI is InChI=1S/C7H14O2/c1-5-3-7(8)4-6(2)9-5/h5-8H,3-4H2,1-2H3/t5-,6?,7+/m0/s1. The molecule has 0 aromatic rings. The maximum atomic E-state index is 9.17. The lowest BCUT2D eigenvalue weighted by Crippen LogP contribution is -2.32. The van der Waals surface area contributed by atoms with Crippen LogP contribution in [0.1, 0.15) is 26.7 Å². The van der Waals surface area contributed by atoms with E-state index in [2.05, 4.69) is 0 Å². The third-order valence-corrected chi connectivity index (χ3v) is 1.67. The van der Waals surface area contributed by atoms with Gasteiger partial charge < -0.3 is 9.84 Å². The summed E-state index contributed by atoms with van der Waals surface area (Å²) in [5.41, 5.74) is 0. The first-order valence-electron chi connectivity index (χ1n) is 3.52. The molecule has 9 heavy (non-hydrogen) atoms. The van der Waals surface area contributed by atoms with E-state index in [1.54, 1.807) is 0 Å². The van der Waals surface area contributed by atoms with E-state index in [1.807, 2.05) is 13.8 Å². The van der Waals surface area contributed by atoms with Crippen LogP contribution in [0.2, 0.25) is 0 Å². The van der Waals surface area contributed by atoms with Crippen LogP contribution in [-0.4, -0.2) is 23.4 Å². The number of ether oxygens (including phenoxy) is 1. The second-order valence-corrected chi connectivity index (χ2v) is 2.88. The van der Waals surface area contributed by atoms with Gasteiger partial charge in [-0.1, -0.05) is 0 Å². The highest BCUT2D eigenvalue weighted by molar-refractivity contribution is 4.71. The molecule has 3 atom stereocenters. The molecule has 0 saturated carbocycles. The summed E-state index contributed by atoms with van der Waals surface area (Å²) in [5, 5.41) is 9.17. The number of hydrogen-bond donors (Lipinski definition) is 1. The molecule has 1 unspecified atom stereocenters. The van der Waals surface area contributed by atoms with Gasteiger partial charge in [-0.3, -0.25) is 0 Å². The summed E-state index contributed by atoms with van der Waals surface area (Å²) in [6, 6.07) is 0. The van der Waals surface area contributed by atoms with E-state index in [9.17, 15) is 5.11 Å². The van der Waals surface area contributed by atoms with Crippen LogP contribution in [0.5, 0.6) is 0 Å². The number of aliphatic hydroxyl groups excluding tert-OH is 1. The number of rotatable bonds is 0. The third kappa shape index (κ3) is 1.95. The molecular formula is C7H14O2. The van der Waals surface area contributed by atoms with Crippen LogP contribution < -0.4 is 0 Å². The minimum atomic E-state index is -0.135. The summed E-state index contributed by atoms with van der Waals surface area (Å²) in [4.78, 5) is 0. The van der Waals surface area contributed by atoms with Gasteiger partial charge in [0, 0.05) is 0 Å². The van der Waals surface area contributed by atoms with Gasteiger partial charge in [0.2, 0.25) is 0 Å². The summed E-state index contributed by atoms with van der Waals surface area (Å²) in [7, 11) is 0. The van der Waals surface area contributed by atoms with Crippen molar-refractivity contribution < 1.29 is 9.84 Å². The molecule has 1 fully saturated rings. The summed E-state index contributed by atoms with van der Waals surface area (Å²) < 4.78 is 5.40. The van der Waals surface area contributed by atoms with Crippen molar-refractivity contribution in [1.29, 1.82) is 0 Å². The molecule has 0 aromatic heterocycles. The molecule has 0 amide bonds. The monoisotopic (exact) mass is 130 g/mol. The van der Waals surface area contributed by atoms with Gasteiger partial charge in [-0.15, -0.1) is 0 Å². The lowest BCUT2D eigenvalue weighted by molar-refractivity contribution is -0.0791. The summed E-state index contributed by atoms with van der Waals surface area (Å²) in [6.07, 6.45) is 1.94. The lowest BCUT2D eigenvalue weighted by Gasteiger charge is -2.28. The van der Waals surface area contributed by atoms with Gasteiger partial charge in [-0.2, -0.15) is 0 Å². The Morgan fingerprint density at radius 2 is 1.67 bits per heavy atom. The van der Waals surface area contributed by atoms with Crippen molar-refractivity contribution in [2.75, 3.05) is 0 Å². The first kappa shape index (κ1) is 7.03. The van der Waals surface area contributed by atoms with Crippen LogP contribution >= 0.6 is 0 Å². The Balaban J connectivity index is 2.34. The van der Waals surface area contributed by atoms with Crippen molar-refractivity contribution in [1.82, 2.24) is 0 Å². The summed E-state index contributed by atoms with van der Waals surface area (Å²) in [5.74, 6) is 0. The minimum absolute atomic E-state index is 0.135. The van der Waals surface area contributed by atoms with Gasteiger partial charge in [0.1, 0.15) is 0 Å². The van der Waals surface area contributed by atoms with Crippen molar-refractivity contribution in [3.05, 3.63) is 0 Å². The third-order valence-electron chi connectivity index (χ3n) is 1.67. The first-order valence-corrected chi connectivity index (χ1v) is 3.52. The maximum absolute atomic E-state index is 9.17. The van der Waals surface area contributed by atoms with Crippen LogP contribution in [0.25, 0.3) is 0 Å². The van der Waals surface area contributed by atoms with Gasteiger partial charge in [0.25, 0.3) is 0 Å². The van der Waals surface area contributed by atoms with E-state index in [0.717, 1.165) is 12.8 Å². The Bertz CT molecular complexity index is 67.9. The molecule has 1 rings (SSSR count). The van der Waals surface area contributed by atoms with E-state index in [-0.39, 0.29) is 18.3 Å². The van der Waals surface area contributed by atoms with Crippen molar-refractivity contribution >= 4 is 0 Å². The van der Waals surface area contributed by atoms with Gasteiger partial charge in [0.05, 0.1) is 18.3 Å². The van der Waals surface area contributed by atoms with Crippen LogP contribution in [0.4, 0.5) is 0 Å². The Hall–Kier alpha value is -0.0800. The van der Waals surface area contributed by atoms with Crippen LogP contribution in [0, 0.1) is 0 Å². The van der Waals surface area contributed by atoms with Crippen molar-refractivity contribution in [3.8, 4) is 0 Å². The van der Waals surface area contributed by atoms with Gasteiger partial charge in [-0.05, 0) is 26.7 Å². The molecule has 0 aliphatic carbocycles. The first-order chi connectivity index (χ1) is 4.18. The molecule has 0 bridgehead atoms. The minimum Gasteiger partial charge on any atom is -0.393 e. The van der Waals surface area contributed by atoms with Crippen molar-refractivity contribution in [2.45, 2.75) is 45.0 Å². The normalized spacial score (nSPS) is 45.0. The second kappa shape index (κ2) is 2.67. The Labute approximate surface area is 55.8 Å². The predicted octanol–water partition coefficient (Wildman–Crippen LogP) is 0.935. The summed E-state index contributed by atoms with van der Waals surface area (Å²) in [6.45, 7) is 4.00. The van der Waals surface area contributed by atoms with Crippen LogP contribution in [0.3, 0.4) is 0 Å². The summed E-state index contributed by atoms with van der Waals surface area (Å²) >= 11 is 0.